The number of piperidine rings is 1. The van der Waals surface area contributed by atoms with E-state index in [2.05, 4.69) is 37.6 Å². The molecule has 2 aliphatic heterocycles. The molecule has 7 heteroatoms. The molecule has 1 aromatic carbocycles. The number of likely N-dealkylation sites (tertiary alicyclic amines) is 1. The summed E-state index contributed by atoms with van der Waals surface area (Å²) >= 11 is 1.65. The highest BCUT2D eigenvalue weighted by atomic mass is 32.2. The van der Waals surface area contributed by atoms with Crippen molar-refractivity contribution >= 4 is 17.6 Å². The Bertz CT molecular complexity index is 1060. The monoisotopic (exact) mass is 422 g/mol. The van der Waals surface area contributed by atoms with Crippen LogP contribution in [0.2, 0.25) is 0 Å². The van der Waals surface area contributed by atoms with Crippen molar-refractivity contribution in [3.05, 3.63) is 78.2 Å². The van der Waals surface area contributed by atoms with E-state index in [0.29, 0.717) is 6.04 Å². The fraction of sp³-hybridized carbons (Fsp3) is 0.304. The van der Waals surface area contributed by atoms with Crippen LogP contribution in [0.1, 0.15) is 25.5 Å². The molecule has 1 saturated heterocycles. The fourth-order valence-electron chi connectivity index (χ4n) is 4.49. The third-order valence-corrected chi connectivity index (χ3v) is 7.06. The van der Waals surface area contributed by atoms with Crippen LogP contribution in [0, 0.1) is 5.82 Å². The van der Waals surface area contributed by atoms with E-state index in [-0.39, 0.29) is 11.4 Å². The Hall–Kier alpha value is -2.64. The first-order valence-electron chi connectivity index (χ1n) is 10.1. The second-order valence-corrected chi connectivity index (χ2v) is 8.78. The number of hydrogen-bond acceptors (Lipinski definition) is 6. The zero-order chi connectivity index (χ0) is 20.6. The summed E-state index contributed by atoms with van der Waals surface area (Å²) in [5.74, 6) is 0.586. The number of hydrogen-bond donors (Lipinski definition) is 0. The number of anilines is 1. The minimum atomic E-state index is -0.199. The molecule has 2 aliphatic rings. The van der Waals surface area contributed by atoms with Gasteiger partial charge in [0.25, 0.3) is 0 Å². The van der Waals surface area contributed by atoms with Crippen LogP contribution in [0.4, 0.5) is 10.1 Å². The van der Waals surface area contributed by atoms with Crippen molar-refractivity contribution in [3.63, 3.8) is 0 Å². The van der Waals surface area contributed by atoms with E-state index >= 15 is 0 Å². The van der Waals surface area contributed by atoms with Gasteiger partial charge in [0, 0.05) is 37.1 Å². The molecule has 0 saturated carbocycles. The lowest BCUT2D eigenvalue weighted by atomic mass is 9.83. The van der Waals surface area contributed by atoms with Gasteiger partial charge < -0.3 is 8.72 Å². The van der Waals surface area contributed by atoms with Gasteiger partial charge in [0.2, 0.25) is 0 Å². The number of halogens is 1. The summed E-state index contributed by atoms with van der Waals surface area (Å²) in [6.07, 6.45) is 9.28. The van der Waals surface area contributed by atoms with Crippen LogP contribution in [-0.2, 0) is 6.54 Å². The molecule has 0 amide bonds. The Kier molecular flexibility index (Phi) is 5.08. The normalized spacial score (nSPS) is 24.1. The lowest BCUT2D eigenvalue weighted by Gasteiger charge is -2.47. The van der Waals surface area contributed by atoms with E-state index < -0.39 is 0 Å². The van der Waals surface area contributed by atoms with Gasteiger partial charge in [-0.1, -0.05) is 6.07 Å². The van der Waals surface area contributed by atoms with E-state index in [1.807, 2.05) is 18.2 Å². The van der Waals surface area contributed by atoms with Gasteiger partial charge in [0.1, 0.15) is 11.5 Å². The summed E-state index contributed by atoms with van der Waals surface area (Å²) in [7, 11) is 0. The van der Waals surface area contributed by atoms with Crippen LogP contribution >= 0.6 is 11.9 Å². The molecule has 2 aromatic heterocycles. The van der Waals surface area contributed by atoms with Crippen molar-refractivity contribution in [2.24, 2.45) is 0 Å². The minimum Gasteiger partial charge on any atom is -0.443 e. The van der Waals surface area contributed by atoms with Crippen molar-refractivity contribution in [3.8, 4) is 11.3 Å². The molecule has 0 radical (unpaired) electrons. The van der Waals surface area contributed by atoms with Crippen molar-refractivity contribution < 1.29 is 8.81 Å². The zero-order valence-electron chi connectivity index (χ0n) is 16.7. The number of aromatic nitrogens is 2. The van der Waals surface area contributed by atoms with Gasteiger partial charge in [-0.2, -0.15) is 0 Å². The molecule has 2 atom stereocenters. The molecule has 3 aromatic rings. The predicted octanol–water partition coefficient (Wildman–Crippen LogP) is 5.28. The van der Waals surface area contributed by atoms with Crippen molar-refractivity contribution in [2.75, 3.05) is 10.8 Å². The maximum Gasteiger partial charge on any atom is 0.181 e. The third-order valence-electron chi connectivity index (χ3n) is 6.01. The average Bonchev–Trinajstić information content (AvgIpc) is 3.38. The Morgan fingerprint density at radius 3 is 3.03 bits per heavy atom. The highest BCUT2D eigenvalue weighted by molar-refractivity contribution is 8.03. The maximum absolute atomic E-state index is 13.8. The van der Waals surface area contributed by atoms with E-state index in [1.54, 1.807) is 36.5 Å². The summed E-state index contributed by atoms with van der Waals surface area (Å²) in [6.45, 7) is 3.91. The molecule has 4 heterocycles. The Morgan fingerprint density at radius 1 is 1.30 bits per heavy atom. The second kappa shape index (κ2) is 7.89. The molecule has 0 aliphatic carbocycles. The van der Waals surface area contributed by atoms with Gasteiger partial charge in [0.05, 0.1) is 11.2 Å². The summed E-state index contributed by atoms with van der Waals surface area (Å²) in [4.78, 5) is 11.1. The quantitative estimate of drug-likeness (QED) is 0.533. The van der Waals surface area contributed by atoms with Crippen LogP contribution in [0.25, 0.3) is 11.3 Å². The van der Waals surface area contributed by atoms with Gasteiger partial charge in [-0.25, -0.2) is 9.37 Å². The van der Waals surface area contributed by atoms with Crippen LogP contribution in [0.3, 0.4) is 0 Å². The summed E-state index contributed by atoms with van der Waals surface area (Å²) in [6, 6.07) is 11.1. The first-order chi connectivity index (χ1) is 14.6. The summed E-state index contributed by atoms with van der Waals surface area (Å²) in [5, 5.41) is 2.13. The fourth-order valence-corrected chi connectivity index (χ4v) is 5.60. The summed E-state index contributed by atoms with van der Waals surface area (Å²) in [5.41, 5.74) is 2.70. The van der Waals surface area contributed by atoms with Gasteiger partial charge >= 0.3 is 0 Å². The van der Waals surface area contributed by atoms with Crippen LogP contribution < -0.4 is 4.31 Å². The van der Waals surface area contributed by atoms with Crippen LogP contribution in [0.5, 0.6) is 0 Å². The highest BCUT2D eigenvalue weighted by Gasteiger charge is 2.44. The number of oxazole rings is 1. The smallest absolute Gasteiger partial charge is 0.181 e. The highest BCUT2D eigenvalue weighted by Crippen LogP contribution is 2.46. The number of nitrogens with zero attached hydrogens (tertiary/aromatic N) is 4. The van der Waals surface area contributed by atoms with Crippen molar-refractivity contribution in [1.82, 2.24) is 14.9 Å². The Balaban J connectivity index is 1.33. The van der Waals surface area contributed by atoms with Crippen LogP contribution in [0.15, 0.2) is 71.1 Å². The molecule has 0 N–H and O–H groups in total. The number of benzene rings is 1. The Labute approximate surface area is 179 Å². The molecule has 0 bridgehead atoms. The van der Waals surface area contributed by atoms with Gasteiger partial charge in [-0.15, -0.1) is 0 Å². The minimum absolute atomic E-state index is 0.0929. The number of pyridine rings is 1. The lowest BCUT2D eigenvalue weighted by Crippen LogP contribution is -2.53. The van der Waals surface area contributed by atoms with E-state index in [0.717, 1.165) is 48.6 Å². The van der Waals surface area contributed by atoms with Crippen LogP contribution in [-0.4, -0.2) is 33.0 Å². The molecule has 5 nitrogen and oxygen atoms in total. The zero-order valence-corrected chi connectivity index (χ0v) is 17.6. The third kappa shape index (κ3) is 3.52. The van der Waals surface area contributed by atoms with E-state index in [1.165, 1.54) is 12.5 Å². The molecule has 1 fully saturated rings. The van der Waals surface area contributed by atoms with Gasteiger partial charge in [-0.05, 0) is 73.5 Å². The lowest BCUT2D eigenvalue weighted by molar-refractivity contribution is 0.119. The van der Waals surface area contributed by atoms with Gasteiger partial charge in [0.15, 0.2) is 12.2 Å². The number of rotatable bonds is 4. The first-order valence-corrected chi connectivity index (χ1v) is 11.0. The average molecular weight is 423 g/mol. The van der Waals surface area contributed by atoms with Crippen molar-refractivity contribution in [1.29, 1.82) is 0 Å². The predicted molar refractivity (Wildman–Crippen MR) is 117 cm³/mol. The SMILES string of the molecule is CC1CC2(C=CSN2c2cccc(F)c2)CCN1Cc1ncoc1-c1cccnc1. The molecule has 2 unspecified atom stereocenters. The molecule has 1 spiro atoms. The topological polar surface area (TPSA) is 45.4 Å². The second-order valence-electron chi connectivity index (χ2n) is 7.93. The maximum atomic E-state index is 13.8. The summed E-state index contributed by atoms with van der Waals surface area (Å²) < 4.78 is 21.8. The molecule has 5 rings (SSSR count). The molecule has 154 valence electrons. The van der Waals surface area contributed by atoms with Gasteiger partial charge in [-0.3, -0.25) is 9.88 Å². The van der Waals surface area contributed by atoms with E-state index in [4.69, 9.17) is 4.42 Å². The van der Waals surface area contributed by atoms with Crippen molar-refractivity contribution in [2.45, 2.75) is 37.9 Å². The largest absolute Gasteiger partial charge is 0.443 e. The standard InChI is InChI=1S/C23H23FN4OS/c1-17-13-23(8-11-30-28(23)20-6-2-5-19(24)12-20)7-10-27(17)15-21-22(29-16-26-21)18-4-3-9-25-14-18/h2-6,8-9,11-12,14,16-17H,7,10,13,15H2,1H3. The van der Waals surface area contributed by atoms with E-state index in [9.17, 15) is 4.39 Å². The molecule has 30 heavy (non-hydrogen) atoms. The first kappa shape index (κ1) is 19.3. The Morgan fingerprint density at radius 2 is 2.23 bits per heavy atom. The molecular weight excluding hydrogens is 399 g/mol. The molecular formula is C23H23FN4OS.